The molecule has 2 heterocycles. The van der Waals surface area contributed by atoms with Crippen LogP contribution >= 0.6 is 27.3 Å². The summed E-state index contributed by atoms with van der Waals surface area (Å²) in [5, 5.41) is 8.25. The molecule has 0 aromatic carbocycles. The highest BCUT2D eigenvalue weighted by atomic mass is 79.9. The van der Waals surface area contributed by atoms with E-state index in [9.17, 15) is 0 Å². The van der Waals surface area contributed by atoms with Crippen LogP contribution in [0.4, 0.5) is 0 Å². The summed E-state index contributed by atoms with van der Waals surface area (Å²) in [4.78, 5) is 3.40. The summed E-state index contributed by atoms with van der Waals surface area (Å²) >= 11 is 5.04. The van der Waals surface area contributed by atoms with Gasteiger partial charge in [0.25, 0.3) is 5.89 Å². The van der Waals surface area contributed by atoms with Crippen LogP contribution in [-0.2, 0) is 6.54 Å². The first-order valence-corrected chi connectivity index (χ1v) is 7.69. The minimum Gasteiger partial charge on any atom is -0.419 e. The van der Waals surface area contributed by atoms with Gasteiger partial charge in [-0.3, -0.25) is 4.90 Å². The zero-order valence-corrected chi connectivity index (χ0v) is 12.5. The lowest BCUT2D eigenvalue weighted by Gasteiger charge is -2.16. The Hall–Kier alpha value is -0.720. The molecule has 0 saturated heterocycles. The number of rotatable bonds is 5. The van der Waals surface area contributed by atoms with Gasteiger partial charge in [0, 0.05) is 6.04 Å². The van der Waals surface area contributed by atoms with Gasteiger partial charge in [-0.1, -0.05) is 6.92 Å². The Morgan fingerprint density at radius 2 is 2.28 bits per heavy atom. The Morgan fingerprint density at radius 3 is 2.89 bits per heavy atom. The molecule has 2 aromatic heterocycles. The lowest BCUT2D eigenvalue weighted by Crippen LogP contribution is -2.25. The first kappa shape index (κ1) is 12.3. The SMILES string of the molecule is CCN(Cc1nnc(-c2ccc(Br)s2)o1)C1CC1. The van der Waals surface area contributed by atoms with Gasteiger partial charge in [-0.15, -0.1) is 21.5 Å². The molecule has 2 aromatic rings. The summed E-state index contributed by atoms with van der Waals surface area (Å²) in [6.07, 6.45) is 2.60. The average molecular weight is 328 g/mol. The summed E-state index contributed by atoms with van der Waals surface area (Å²) in [6.45, 7) is 3.97. The van der Waals surface area contributed by atoms with Gasteiger partial charge in [0.1, 0.15) is 0 Å². The van der Waals surface area contributed by atoms with Crippen LogP contribution in [0.5, 0.6) is 0 Å². The Bertz CT molecular complexity index is 535. The number of halogens is 1. The Labute approximate surface area is 118 Å². The smallest absolute Gasteiger partial charge is 0.257 e. The predicted molar refractivity (Wildman–Crippen MR) is 74.4 cm³/mol. The van der Waals surface area contributed by atoms with Crippen molar-refractivity contribution in [2.45, 2.75) is 32.4 Å². The van der Waals surface area contributed by atoms with E-state index < -0.39 is 0 Å². The molecule has 0 N–H and O–H groups in total. The molecule has 3 rings (SSSR count). The van der Waals surface area contributed by atoms with Crippen LogP contribution in [0.15, 0.2) is 20.3 Å². The van der Waals surface area contributed by atoms with Crippen LogP contribution in [-0.4, -0.2) is 27.7 Å². The second kappa shape index (κ2) is 5.11. The van der Waals surface area contributed by atoms with Gasteiger partial charge in [0.15, 0.2) is 0 Å². The number of thiophene rings is 1. The molecule has 96 valence electrons. The Kier molecular flexibility index (Phi) is 3.50. The largest absolute Gasteiger partial charge is 0.419 e. The van der Waals surface area contributed by atoms with Gasteiger partial charge in [-0.2, -0.15) is 0 Å². The van der Waals surface area contributed by atoms with Crippen molar-refractivity contribution in [3.05, 3.63) is 21.8 Å². The molecule has 1 aliphatic carbocycles. The van der Waals surface area contributed by atoms with E-state index in [0.29, 0.717) is 11.8 Å². The molecule has 0 bridgehead atoms. The van der Waals surface area contributed by atoms with E-state index in [-0.39, 0.29) is 0 Å². The van der Waals surface area contributed by atoms with Crippen molar-refractivity contribution in [1.29, 1.82) is 0 Å². The molecule has 0 atom stereocenters. The topological polar surface area (TPSA) is 42.2 Å². The molecule has 1 fully saturated rings. The van der Waals surface area contributed by atoms with Crippen molar-refractivity contribution < 1.29 is 4.42 Å². The standard InChI is InChI=1S/C12H14BrN3OS/c1-2-16(8-3-4-8)7-11-14-15-12(17-11)9-5-6-10(13)18-9/h5-6,8H,2-4,7H2,1H3. The molecule has 1 saturated carbocycles. The third-order valence-electron chi connectivity index (χ3n) is 3.06. The summed E-state index contributed by atoms with van der Waals surface area (Å²) in [5.74, 6) is 1.33. The lowest BCUT2D eigenvalue weighted by molar-refractivity contribution is 0.242. The fourth-order valence-electron chi connectivity index (χ4n) is 1.96. The second-order valence-corrected chi connectivity index (χ2v) is 6.86. The number of hydrogen-bond donors (Lipinski definition) is 0. The van der Waals surface area contributed by atoms with Gasteiger partial charge in [0.05, 0.1) is 15.2 Å². The van der Waals surface area contributed by atoms with E-state index >= 15 is 0 Å². The van der Waals surface area contributed by atoms with Gasteiger partial charge >= 0.3 is 0 Å². The van der Waals surface area contributed by atoms with Crippen molar-refractivity contribution >= 4 is 27.3 Å². The van der Waals surface area contributed by atoms with Crippen LogP contribution in [0, 0.1) is 0 Å². The van der Waals surface area contributed by atoms with Crippen molar-refractivity contribution in [1.82, 2.24) is 15.1 Å². The van der Waals surface area contributed by atoms with Crippen LogP contribution in [0.3, 0.4) is 0 Å². The maximum Gasteiger partial charge on any atom is 0.257 e. The first-order chi connectivity index (χ1) is 8.76. The molecule has 18 heavy (non-hydrogen) atoms. The minimum absolute atomic E-state index is 0.618. The molecule has 0 aliphatic heterocycles. The summed E-state index contributed by atoms with van der Waals surface area (Å²) in [7, 11) is 0. The normalized spacial score (nSPS) is 15.5. The third-order valence-corrected chi connectivity index (χ3v) is 4.67. The minimum atomic E-state index is 0.618. The van der Waals surface area contributed by atoms with Crippen LogP contribution in [0.2, 0.25) is 0 Å². The molecular formula is C12H14BrN3OS. The van der Waals surface area contributed by atoms with Crippen molar-refractivity contribution in [2.75, 3.05) is 6.54 Å². The van der Waals surface area contributed by atoms with Gasteiger partial charge < -0.3 is 4.42 Å². The van der Waals surface area contributed by atoms with Gasteiger partial charge in [0.2, 0.25) is 5.89 Å². The van der Waals surface area contributed by atoms with E-state index in [4.69, 9.17) is 4.42 Å². The van der Waals surface area contributed by atoms with E-state index in [2.05, 4.69) is 38.0 Å². The molecule has 1 aliphatic rings. The zero-order chi connectivity index (χ0) is 12.5. The second-order valence-electron chi connectivity index (χ2n) is 4.40. The van der Waals surface area contributed by atoms with Gasteiger partial charge in [-0.05, 0) is 47.4 Å². The van der Waals surface area contributed by atoms with Crippen LogP contribution in [0.1, 0.15) is 25.7 Å². The Balaban J connectivity index is 1.72. The molecule has 4 nitrogen and oxygen atoms in total. The monoisotopic (exact) mass is 327 g/mol. The van der Waals surface area contributed by atoms with Crippen molar-refractivity contribution in [3.8, 4) is 10.8 Å². The summed E-state index contributed by atoms with van der Waals surface area (Å²) in [5.41, 5.74) is 0. The maximum atomic E-state index is 5.72. The fourth-order valence-corrected chi connectivity index (χ4v) is 3.27. The molecule has 0 amide bonds. The highest BCUT2D eigenvalue weighted by Crippen LogP contribution is 2.31. The third kappa shape index (κ3) is 2.65. The zero-order valence-electron chi connectivity index (χ0n) is 10.1. The number of nitrogens with zero attached hydrogens (tertiary/aromatic N) is 3. The van der Waals surface area contributed by atoms with Crippen molar-refractivity contribution in [2.24, 2.45) is 0 Å². The summed E-state index contributed by atoms with van der Waals surface area (Å²) < 4.78 is 6.79. The number of hydrogen-bond acceptors (Lipinski definition) is 5. The van der Waals surface area contributed by atoms with E-state index in [0.717, 1.165) is 27.8 Å². The first-order valence-electron chi connectivity index (χ1n) is 6.08. The van der Waals surface area contributed by atoms with E-state index in [1.165, 1.54) is 12.8 Å². The van der Waals surface area contributed by atoms with E-state index in [1.54, 1.807) is 11.3 Å². The van der Waals surface area contributed by atoms with Gasteiger partial charge in [-0.25, -0.2) is 0 Å². The molecule has 0 spiro atoms. The highest BCUT2D eigenvalue weighted by molar-refractivity contribution is 9.11. The fraction of sp³-hybridized carbons (Fsp3) is 0.500. The average Bonchev–Trinajstić information content (AvgIpc) is 2.94. The van der Waals surface area contributed by atoms with Crippen molar-refractivity contribution in [3.63, 3.8) is 0 Å². The molecule has 0 unspecified atom stereocenters. The highest BCUT2D eigenvalue weighted by Gasteiger charge is 2.29. The quantitative estimate of drug-likeness (QED) is 0.842. The van der Waals surface area contributed by atoms with E-state index in [1.807, 2.05) is 12.1 Å². The predicted octanol–water partition coefficient (Wildman–Crippen LogP) is 3.54. The Morgan fingerprint density at radius 1 is 1.44 bits per heavy atom. The van der Waals surface area contributed by atoms with Crippen LogP contribution < -0.4 is 0 Å². The molecular weight excluding hydrogens is 314 g/mol. The lowest BCUT2D eigenvalue weighted by atomic mass is 10.4. The maximum absolute atomic E-state index is 5.72. The molecule has 6 heteroatoms. The molecule has 0 radical (unpaired) electrons. The summed E-state index contributed by atoms with van der Waals surface area (Å²) in [6, 6.07) is 4.71. The number of aromatic nitrogens is 2. The van der Waals surface area contributed by atoms with Crippen LogP contribution in [0.25, 0.3) is 10.8 Å².